The summed E-state index contributed by atoms with van der Waals surface area (Å²) >= 11 is 0. The van der Waals surface area contributed by atoms with Crippen molar-refractivity contribution in [1.82, 2.24) is 0 Å². The van der Waals surface area contributed by atoms with Crippen LogP contribution in [0.15, 0.2) is 108 Å². The monoisotopic (exact) mass is 518 g/mol. The Morgan fingerprint density at radius 1 is 0.795 bits per heavy atom. The molecule has 3 aromatic rings. The zero-order valence-electron chi connectivity index (χ0n) is 21.6. The summed E-state index contributed by atoms with van der Waals surface area (Å²) in [5.41, 5.74) is -0.301. The molecule has 0 radical (unpaired) electrons. The van der Waals surface area contributed by atoms with Crippen molar-refractivity contribution >= 4 is 40.5 Å². The molecule has 1 amide bonds. The van der Waals surface area contributed by atoms with Gasteiger partial charge >= 0.3 is 5.97 Å². The second-order valence-electron chi connectivity index (χ2n) is 10.7. The lowest BCUT2D eigenvalue weighted by Crippen LogP contribution is -2.46. The fourth-order valence-corrected chi connectivity index (χ4v) is 5.78. The lowest BCUT2D eigenvalue weighted by Gasteiger charge is -2.33. The summed E-state index contributed by atoms with van der Waals surface area (Å²) in [5.74, 6) is -3.09. The van der Waals surface area contributed by atoms with Crippen LogP contribution in [0.4, 0.5) is 11.4 Å². The number of esters is 1. The van der Waals surface area contributed by atoms with Crippen LogP contribution in [0, 0.1) is 5.41 Å². The molecule has 7 nitrogen and oxygen atoms in total. The number of rotatable bonds is 4. The predicted octanol–water partition coefficient (Wildman–Crippen LogP) is 5.06. The molecule has 0 aromatic heterocycles. The normalized spacial score (nSPS) is 23.3. The maximum Gasteiger partial charge on any atom is 0.381 e. The molecule has 1 unspecified atom stereocenters. The molecule has 2 heterocycles. The fraction of sp³-hybridized carbons (Fsp3) is 0.188. The molecule has 1 fully saturated rings. The maximum atomic E-state index is 14.6. The number of nitrogens with one attached hydrogen (secondary N) is 1. The van der Waals surface area contributed by atoms with Crippen molar-refractivity contribution < 1.29 is 23.9 Å². The van der Waals surface area contributed by atoms with Gasteiger partial charge in [0.25, 0.3) is 17.3 Å². The van der Waals surface area contributed by atoms with Crippen LogP contribution in [-0.2, 0) is 23.9 Å². The first-order chi connectivity index (χ1) is 18.7. The van der Waals surface area contributed by atoms with Crippen molar-refractivity contribution in [2.75, 3.05) is 10.2 Å². The van der Waals surface area contributed by atoms with Gasteiger partial charge in [-0.25, -0.2) is 4.79 Å². The quantitative estimate of drug-likeness (QED) is 0.295. The van der Waals surface area contributed by atoms with E-state index in [1.807, 2.05) is 56.3 Å². The number of para-hydroxylation sites is 2. The van der Waals surface area contributed by atoms with Crippen molar-refractivity contribution in [3.63, 3.8) is 0 Å². The van der Waals surface area contributed by atoms with Crippen molar-refractivity contribution in [2.45, 2.75) is 32.3 Å². The Bertz CT molecular complexity index is 1590. The van der Waals surface area contributed by atoms with Gasteiger partial charge in [0.1, 0.15) is 0 Å². The highest BCUT2D eigenvalue weighted by Gasteiger charge is 2.69. The van der Waals surface area contributed by atoms with Crippen molar-refractivity contribution in [1.29, 1.82) is 0 Å². The standard InChI is InChI=1S/C32H26N2O5/c1-31(2)18-23-25(24(35)19-31)32(30(38)34(23)22-16-10-5-11-17-22)26(28(36)29(37)39-32)27(20-12-6-3-7-13-20)33-21-14-8-4-9-15-21/h3-17,33H,18-19H2,1-2H3/b27-26+. The smallest absolute Gasteiger partial charge is 0.381 e. The van der Waals surface area contributed by atoms with Gasteiger partial charge in [-0.05, 0) is 41.7 Å². The Morgan fingerprint density at radius 3 is 2.03 bits per heavy atom. The number of anilines is 2. The number of hydrogen-bond donors (Lipinski definition) is 1. The van der Waals surface area contributed by atoms with Crippen LogP contribution in [0.3, 0.4) is 0 Å². The third kappa shape index (κ3) is 3.81. The molecule has 7 heteroatoms. The first-order valence-corrected chi connectivity index (χ1v) is 12.8. The number of benzene rings is 3. The minimum Gasteiger partial charge on any atom is -0.432 e. The molecule has 1 aliphatic carbocycles. The predicted molar refractivity (Wildman–Crippen MR) is 146 cm³/mol. The number of ketones is 2. The number of fused-ring (bicyclic) bond motifs is 1. The minimum absolute atomic E-state index is 0.0631. The number of carbonyl (C=O) groups is 4. The van der Waals surface area contributed by atoms with Crippen LogP contribution in [0.5, 0.6) is 0 Å². The molecule has 1 N–H and O–H groups in total. The van der Waals surface area contributed by atoms with Crippen LogP contribution in [-0.4, -0.2) is 29.0 Å². The van der Waals surface area contributed by atoms with Gasteiger partial charge in [0.05, 0.1) is 16.8 Å². The molecule has 39 heavy (non-hydrogen) atoms. The molecule has 0 bridgehead atoms. The summed E-state index contributed by atoms with van der Waals surface area (Å²) in [6.07, 6.45) is 0.539. The molecule has 1 saturated heterocycles. The van der Waals surface area contributed by atoms with E-state index in [2.05, 4.69) is 5.32 Å². The summed E-state index contributed by atoms with van der Waals surface area (Å²) in [7, 11) is 0. The SMILES string of the molecule is CC1(C)CC(=O)C2=C(C1)N(c1ccccc1)C(=O)C21OC(=O)C(=O)/C1=C(\Nc1ccccc1)c1ccccc1. The maximum absolute atomic E-state index is 14.6. The average molecular weight is 519 g/mol. The highest BCUT2D eigenvalue weighted by atomic mass is 16.6. The van der Waals surface area contributed by atoms with Crippen molar-refractivity contribution in [3.8, 4) is 0 Å². The van der Waals surface area contributed by atoms with Crippen LogP contribution >= 0.6 is 0 Å². The summed E-state index contributed by atoms with van der Waals surface area (Å²) in [6.45, 7) is 3.92. The number of Topliss-reactive ketones (excluding diaryl/α,β-unsaturated/α-hetero) is 2. The second-order valence-corrected chi connectivity index (χ2v) is 10.7. The topological polar surface area (TPSA) is 92.8 Å². The van der Waals surface area contributed by atoms with Gasteiger partial charge in [0.15, 0.2) is 5.78 Å². The molecule has 3 aliphatic rings. The molecule has 3 aromatic carbocycles. The number of allylic oxidation sites excluding steroid dienone is 1. The first kappa shape index (κ1) is 24.6. The number of carbonyl (C=O) groups excluding carboxylic acids is 4. The molecule has 1 atom stereocenters. The van der Waals surface area contributed by atoms with E-state index in [1.165, 1.54) is 4.90 Å². The van der Waals surface area contributed by atoms with Gasteiger partial charge in [-0.15, -0.1) is 0 Å². The van der Waals surface area contributed by atoms with Crippen LogP contribution in [0.25, 0.3) is 5.70 Å². The first-order valence-electron chi connectivity index (χ1n) is 12.8. The van der Waals surface area contributed by atoms with Gasteiger partial charge in [-0.2, -0.15) is 0 Å². The Hall–Kier alpha value is -4.78. The molecule has 2 aliphatic heterocycles. The van der Waals surface area contributed by atoms with Crippen LogP contribution in [0.2, 0.25) is 0 Å². The second kappa shape index (κ2) is 8.91. The third-order valence-corrected chi connectivity index (χ3v) is 7.36. The minimum atomic E-state index is -2.19. The van der Waals surface area contributed by atoms with Crippen molar-refractivity contribution in [2.24, 2.45) is 5.41 Å². The largest absolute Gasteiger partial charge is 0.432 e. The van der Waals surface area contributed by atoms with Gasteiger partial charge in [-0.3, -0.25) is 19.3 Å². The molecular weight excluding hydrogens is 492 g/mol. The summed E-state index contributed by atoms with van der Waals surface area (Å²) in [6, 6.07) is 27.0. The zero-order valence-corrected chi connectivity index (χ0v) is 21.6. The molecule has 194 valence electrons. The summed E-state index contributed by atoms with van der Waals surface area (Å²) < 4.78 is 5.79. The van der Waals surface area contributed by atoms with Gasteiger partial charge in [-0.1, -0.05) is 80.6 Å². The van der Waals surface area contributed by atoms with Crippen LogP contribution < -0.4 is 10.2 Å². The Morgan fingerprint density at radius 2 is 1.38 bits per heavy atom. The summed E-state index contributed by atoms with van der Waals surface area (Å²) in [4.78, 5) is 56.7. The third-order valence-electron chi connectivity index (χ3n) is 7.36. The number of hydrogen-bond acceptors (Lipinski definition) is 6. The van der Waals surface area contributed by atoms with E-state index >= 15 is 0 Å². The summed E-state index contributed by atoms with van der Waals surface area (Å²) in [5, 5.41) is 3.26. The van der Waals surface area contributed by atoms with Gasteiger partial charge in [0, 0.05) is 23.5 Å². The van der Waals surface area contributed by atoms with E-state index in [-0.39, 0.29) is 29.0 Å². The number of amides is 1. The lowest BCUT2D eigenvalue weighted by molar-refractivity contribution is -0.155. The lowest BCUT2D eigenvalue weighted by atomic mass is 9.71. The fourth-order valence-electron chi connectivity index (χ4n) is 5.78. The van der Waals surface area contributed by atoms with E-state index in [0.29, 0.717) is 29.1 Å². The molecule has 6 rings (SSSR count). The highest BCUT2D eigenvalue weighted by Crippen LogP contribution is 2.54. The van der Waals surface area contributed by atoms with E-state index in [4.69, 9.17) is 4.74 Å². The number of ether oxygens (including phenoxy) is 1. The van der Waals surface area contributed by atoms with Crippen LogP contribution in [0.1, 0.15) is 32.3 Å². The molecular formula is C32H26N2O5. The molecule has 1 spiro atoms. The Balaban J connectivity index is 1.68. The van der Waals surface area contributed by atoms with E-state index in [9.17, 15) is 19.2 Å². The van der Waals surface area contributed by atoms with E-state index in [0.717, 1.165) is 0 Å². The van der Waals surface area contributed by atoms with E-state index in [1.54, 1.807) is 48.5 Å². The zero-order chi connectivity index (χ0) is 27.4. The Kier molecular flexibility index (Phi) is 5.61. The highest BCUT2D eigenvalue weighted by molar-refractivity contribution is 6.49. The molecule has 0 saturated carbocycles. The average Bonchev–Trinajstić information content (AvgIpc) is 3.32. The Labute approximate surface area is 225 Å². The van der Waals surface area contributed by atoms with E-state index < -0.39 is 28.7 Å². The van der Waals surface area contributed by atoms with Gasteiger partial charge < -0.3 is 10.1 Å². The number of nitrogens with zero attached hydrogens (tertiary/aromatic N) is 1. The van der Waals surface area contributed by atoms with Crippen molar-refractivity contribution in [3.05, 3.63) is 113 Å². The van der Waals surface area contributed by atoms with Gasteiger partial charge in [0.2, 0.25) is 0 Å².